The molecule has 1 atom stereocenters. The summed E-state index contributed by atoms with van der Waals surface area (Å²) in [6.45, 7) is 10.8. The second kappa shape index (κ2) is 9.57. The summed E-state index contributed by atoms with van der Waals surface area (Å²) in [7, 11) is 0. The Balaban J connectivity index is 2.69. The first-order valence-electron chi connectivity index (χ1n) is 8.94. The van der Waals surface area contributed by atoms with E-state index in [1.54, 1.807) is 6.08 Å². The number of aliphatic hydroxyl groups is 1. The quantitative estimate of drug-likeness (QED) is 0.612. The molecule has 0 aromatic carbocycles. The van der Waals surface area contributed by atoms with Gasteiger partial charge in [-0.05, 0) is 51.0 Å². The molecule has 3 nitrogen and oxygen atoms in total. The molecule has 138 valence electrons. The molecule has 0 heterocycles. The number of rotatable bonds is 7. The topological polar surface area (TPSA) is 57.5 Å². The SMILES string of the molecule is CC(C=CC1=C(C)CCCC1(C)C)=CC=CC(C)=CCC(O)C(=O)O. The van der Waals surface area contributed by atoms with Crippen LogP contribution in [0.2, 0.25) is 0 Å². The van der Waals surface area contributed by atoms with Crippen molar-refractivity contribution in [3.8, 4) is 0 Å². The largest absolute Gasteiger partial charge is 0.479 e. The van der Waals surface area contributed by atoms with E-state index in [0.29, 0.717) is 0 Å². The van der Waals surface area contributed by atoms with Crippen molar-refractivity contribution in [2.45, 2.75) is 66.4 Å². The van der Waals surface area contributed by atoms with Gasteiger partial charge >= 0.3 is 5.97 Å². The first-order valence-corrected chi connectivity index (χ1v) is 8.94. The number of aliphatic carboxylic acids is 1. The maximum atomic E-state index is 10.6. The zero-order chi connectivity index (χ0) is 19.0. The molecule has 2 N–H and O–H groups in total. The second-order valence-corrected chi connectivity index (χ2v) is 7.57. The Hall–Kier alpha value is -1.87. The molecule has 0 fully saturated rings. The molecular weight excluding hydrogens is 312 g/mol. The van der Waals surface area contributed by atoms with Gasteiger partial charge in [0, 0.05) is 6.42 Å². The van der Waals surface area contributed by atoms with Gasteiger partial charge in [-0.15, -0.1) is 0 Å². The van der Waals surface area contributed by atoms with E-state index >= 15 is 0 Å². The Kier molecular flexibility index (Phi) is 8.11. The highest BCUT2D eigenvalue weighted by molar-refractivity contribution is 5.72. The predicted octanol–water partition coefficient (Wildman–Crippen LogP) is 5.35. The molecule has 0 radical (unpaired) electrons. The van der Waals surface area contributed by atoms with Crippen molar-refractivity contribution in [2.24, 2.45) is 5.41 Å². The van der Waals surface area contributed by atoms with E-state index in [2.05, 4.69) is 39.8 Å². The highest BCUT2D eigenvalue weighted by Gasteiger charge is 2.26. The number of carboxylic acids is 1. The van der Waals surface area contributed by atoms with E-state index < -0.39 is 12.1 Å². The lowest BCUT2D eigenvalue weighted by atomic mass is 9.72. The standard InChI is InChI=1S/C22H32O3/c1-16(8-6-9-17(2)12-14-20(23)21(24)25)11-13-19-18(3)10-7-15-22(19,4)5/h6,8-9,11-13,20,23H,7,10,14-15H2,1-5H3,(H,24,25). The van der Waals surface area contributed by atoms with Gasteiger partial charge in [0.2, 0.25) is 0 Å². The van der Waals surface area contributed by atoms with Crippen molar-refractivity contribution in [1.29, 1.82) is 0 Å². The molecule has 25 heavy (non-hydrogen) atoms. The van der Waals surface area contributed by atoms with Gasteiger partial charge in [-0.2, -0.15) is 0 Å². The van der Waals surface area contributed by atoms with Crippen LogP contribution in [0, 0.1) is 5.41 Å². The van der Waals surface area contributed by atoms with E-state index in [1.165, 1.54) is 30.4 Å². The fourth-order valence-electron chi connectivity index (χ4n) is 3.10. The average molecular weight is 344 g/mol. The Morgan fingerprint density at radius 1 is 1.24 bits per heavy atom. The molecule has 3 heteroatoms. The molecule has 1 aliphatic carbocycles. The average Bonchev–Trinajstić information content (AvgIpc) is 2.51. The lowest BCUT2D eigenvalue weighted by molar-refractivity contribution is -0.146. The number of hydrogen-bond donors (Lipinski definition) is 2. The Morgan fingerprint density at radius 3 is 2.52 bits per heavy atom. The summed E-state index contributed by atoms with van der Waals surface area (Å²) >= 11 is 0. The van der Waals surface area contributed by atoms with E-state index in [0.717, 1.165) is 11.1 Å². The van der Waals surface area contributed by atoms with Crippen LogP contribution in [0.3, 0.4) is 0 Å². The van der Waals surface area contributed by atoms with Crippen molar-refractivity contribution in [1.82, 2.24) is 0 Å². The lowest BCUT2D eigenvalue weighted by Gasteiger charge is -2.32. The normalized spacial score (nSPS) is 20.6. The smallest absolute Gasteiger partial charge is 0.332 e. The van der Waals surface area contributed by atoms with Crippen LogP contribution in [-0.4, -0.2) is 22.3 Å². The van der Waals surface area contributed by atoms with Crippen LogP contribution in [0.25, 0.3) is 0 Å². The minimum absolute atomic E-state index is 0.122. The first-order chi connectivity index (χ1) is 11.6. The molecule has 0 bridgehead atoms. The van der Waals surface area contributed by atoms with Gasteiger partial charge in [0.15, 0.2) is 6.10 Å². The highest BCUT2D eigenvalue weighted by atomic mass is 16.4. The minimum atomic E-state index is -1.33. The van der Waals surface area contributed by atoms with Crippen molar-refractivity contribution in [3.63, 3.8) is 0 Å². The van der Waals surface area contributed by atoms with E-state index in [9.17, 15) is 9.90 Å². The van der Waals surface area contributed by atoms with Gasteiger partial charge in [-0.3, -0.25) is 0 Å². The number of hydrogen-bond acceptors (Lipinski definition) is 2. The third-order valence-electron chi connectivity index (χ3n) is 4.72. The maximum Gasteiger partial charge on any atom is 0.332 e. The predicted molar refractivity (Wildman–Crippen MR) is 104 cm³/mol. The van der Waals surface area contributed by atoms with Crippen LogP contribution in [0.1, 0.15) is 60.3 Å². The molecule has 0 aliphatic heterocycles. The molecule has 1 aliphatic rings. The highest BCUT2D eigenvalue weighted by Crippen LogP contribution is 2.40. The third-order valence-corrected chi connectivity index (χ3v) is 4.72. The number of carboxylic acid groups (broad SMARTS) is 1. The van der Waals surface area contributed by atoms with Crippen LogP contribution in [0.15, 0.2) is 58.7 Å². The molecule has 0 saturated heterocycles. The van der Waals surface area contributed by atoms with Crippen molar-refractivity contribution in [3.05, 3.63) is 58.7 Å². The number of carbonyl (C=O) groups is 1. The van der Waals surface area contributed by atoms with Crippen LogP contribution >= 0.6 is 0 Å². The summed E-state index contributed by atoms with van der Waals surface area (Å²) < 4.78 is 0. The van der Waals surface area contributed by atoms with Crippen LogP contribution in [0.5, 0.6) is 0 Å². The molecule has 1 rings (SSSR count). The Labute approximate surface area is 152 Å². The Morgan fingerprint density at radius 2 is 1.92 bits per heavy atom. The van der Waals surface area contributed by atoms with Crippen molar-refractivity contribution >= 4 is 5.97 Å². The maximum absolute atomic E-state index is 10.6. The molecular formula is C22H32O3. The zero-order valence-corrected chi connectivity index (χ0v) is 16.2. The molecule has 0 aromatic rings. The molecule has 0 spiro atoms. The Bertz CT molecular complexity index is 628. The number of allylic oxidation sites excluding steroid dienone is 9. The van der Waals surface area contributed by atoms with E-state index in [4.69, 9.17) is 5.11 Å². The third kappa shape index (κ3) is 7.27. The summed E-state index contributed by atoms with van der Waals surface area (Å²) in [6, 6.07) is 0. The molecule has 0 aromatic heterocycles. The van der Waals surface area contributed by atoms with Crippen LogP contribution in [0.4, 0.5) is 0 Å². The fourth-order valence-corrected chi connectivity index (χ4v) is 3.10. The lowest BCUT2D eigenvalue weighted by Crippen LogP contribution is -2.19. The van der Waals surface area contributed by atoms with Gasteiger partial charge in [0.25, 0.3) is 0 Å². The van der Waals surface area contributed by atoms with Crippen molar-refractivity contribution in [2.75, 3.05) is 0 Å². The van der Waals surface area contributed by atoms with Crippen molar-refractivity contribution < 1.29 is 15.0 Å². The summed E-state index contributed by atoms with van der Waals surface area (Å²) in [5, 5.41) is 17.9. The molecule has 1 unspecified atom stereocenters. The molecule has 0 saturated carbocycles. The summed E-state index contributed by atoms with van der Waals surface area (Å²) in [6.07, 6.45) is 14.5. The van der Waals surface area contributed by atoms with Crippen LogP contribution < -0.4 is 0 Å². The van der Waals surface area contributed by atoms with Gasteiger partial charge in [0.05, 0.1) is 0 Å². The second-order valence-electron chi connectivity index (χ2n) is 7.57. The van der Waals surface area contributed by atoms with E-state index in [-0.39, 0.29) is 11.8 Å². The van der Waals surface area contributed by atoms with E-state index in [1.807, 2.05) is 25.2 Å². The fraction of sp³-hybridized carbons (Fsp3) is 0.500. The summed E-state index contributed by atoms with van der Waals surface area (Å²) in [5.41, 5.74) is 5.29. The van der Waals surface area contributed by atoms with Gasteiger partial charge in [-0.25, -0.2) is 4.79 Å². The summed E-state index contributed by atoms with van der Waals surface area (Å²) in [4.78, 5) is 10.6. The monoisotopic (exact) mass is 344 g/mol. The van der Waals surface area contributed by atoms with Crippen LogP contribution in [-0.2, 0) is 4.79 Å². The zero-order valence-electron chi connectivity index (χ0n) is 16.2. The van der Waals surface area contributed by atoms with Gasteiger partial charge < -0.3 is 10.2 Å². The molecule has 0 amide bonds. The number of aliphatic hydroxyl groups excluding tert-OH is 1. The van der Waals surface area contributed by atoms with Gasteiger partial charge in [0.1, 0.15) is 0 Å². The summed E-state index contributed by atoms with van der Waals surface area (Å²) in [5.74, 6) is -1.19. The minimum Gasteiger partial charge on any atom is -0.479 e. The van der Waals surface area contributed by atoms with Gasteiger partial charge in [-0.1, -0.05) is 67.0 Å². The first kappa shape index (κ1) is 21.2.